The van der Waals surface area contributed by atoms with Gasteiger partial charge in [0, 0.05) is 11.1 Å². The predicted octanol–water partition coefficient (Wildman–Crippen LogP) is 2.35. The van der Waals surface area contributed by atoms with Crippen LogP contribution in [0, 0.1) is 12.3 Å². The van der Waals surface area contributed by atoms with Crippen molar-refractivity contribution in [3.63, 3.8) is 0 Å². The van der Waals surface area contributed by atoms with Gasteiger partial charge < -0.3 is 9.47 Å². The summed E-state index contributed by atoms with van der Waals surface area (Å²) < 4.78 is 10.2. The van der Waals surface area contributed by atoms with Crippen LogP contribution in [0.3, 0.4) is 0 Å². The fourth-order valence-electron chi connectivity index (χ4n) is 2.79. The molecule has 1 saturated heterocycles. The van der Waals surface area contributed by atoms with Crippen LogP contribution >= 0.6 is 22.6 Å². The van der Waals surface area contributed by atoms with E-state index >= 15 is 0 Å². The second kappa shape index (κ2) is 7.27. The second-order valence-corrected chi connectivity index (χ2v) is 7.76. The Morgan fingerprint density at radius 3 is 2.33 bits per heavy atom. The van der Waals surface area contributed by atoms with Gasteiger partial charge in [0.05, 0.1) is 12.7 Å². The molecule has 0 N–H and O–H groups in total. The number of alkyl halides is 1. The Kier molecular flexibility index (Phi) is 6.47. The monoisotopic (exact) mass is 408 g/mol. The fourth-order valence-corrected chi connectivity index (χ4v) is 2.97. The first kappa shape index (κ1) is 18.7. The van der Waals surface area contributed by atoms with Gasteiger partial charge in [-0.25, -0.2) is 4.79 Å². The third-order valence-electron chi connectivity index (χ3n) is 3.59. The molecule has 0 bridgehead atoms. The lowest BCUT2D eigenvalue weighted by atomic mass is 9.80. The first-order chi connectivity index (χ1) is 9.60. The largest absolute Gasteiger partial charge is 0.462 e. The van der Waals surface area contributed by atoms with Crippen LogP contribution in [0.15, 0.2) is 0 Å². The van der Waals surface area contributed by atoms with E-state index in [9.17, 15) is 10.0 Å². The quantitative estimate of drug-likeness (QED) is 0.231. The lowest BCUT2D eigenvalue weighted by molar-refractivity contribution is -0.301. The van der Waals surface area contributed by atoms with Crippen LogP contribution in [0.25, 0.3) is 0 Å². The Balaban J connectivity index is 2.40. The number of terminal acetylenes is 1. The molecular weight excluding hydrogens is 385 g/mol. The first-order valence-electron chi connectivity index (χ1n) is 6.96. The number of esters is 1. The number of nitrogens with zero attached hydrogens (tertiary/aromatic N) is 1. The number of rotatable bonds is 5. The van der Waals surface area contributed by atoms with Crippen LogP contribution in [0.5, 0.6) is 0 Å². The van der Waals surface area contributed by atoms with E-state index in [1.165, 1.54) is 0 Å². The Labute approximate surface area is 140 Å². The van der Waals surface area contributed by atoms with E-state index in [2.05, 4.69) is 5.92 Å². The van der Waals surface area contributed by atoms with Crippen molar-refractivity contribution in [1.82, 2.24) is 5.06 Å². The van der Waals surface area contributed by atoms with Crippen molar-refractivity contribution in [2.45, 2.75) is 61.6 Å². The molecule has 0 aromatic heterocycles. The number of hydrogen-bond acceptors (Lipinski definition) is 4. The summed E-state index contributed by atoms with van der Waals surface area (Å²) in [6.07, 6.45) is 6.45. The van der Waals surface area contributed by atoms with Crippen molar-refractivity contribution < 1.29 is 19.5 Å². The van der Waals surface area contributed by atoms with E-state index in [1.807, 2.05) is 50.3 Å². The summed E-state index contributed by atoms with van der Waals surface area (Å²) in [4.78, 5) is 11.4. The van der Waals surface area contributed by atoms with E-state index < -0.39 is 21.0 Å². The van der Waals surface area contributed by atoms with Crippen LogP contribution in [-0.4, -0.2) is 45.4 Å². The molecule has 1 aliphatic rings. The van der Waals surface area contributed by atoms with Gasteiger partial charge in [-0.05, 0) is 40.5 Å². The molecule has 5 nitrogen and oxygen atoms in total. The zero-order valence-electron chi connectivity index (χ0n) is 13.0. The molecule has 1 fully saturated rings. The third-order valence-corrected chi connectivity index (χ3v) is 4.46. The fraction of sp³-hybridized carbons (Fsp3) is 0.800. The van der Waals surface area contributed by atoms with Crippen LogP contribution in [0.4, 0.5) is 0 Å². The maximum atomic E-state index is 12.2. The molecule has 0 spiro atoms. The summed E-state index contributed by atoms with van der Waals surface area (Å²) in [7, 11) is 0. The highest BCUT2D eigenvalue weighted by Crippen LogP contribution is 2.38. The molecule has 0 saturated carbocycles. The van der Waals surface area contributed by atoms with Gasteiger partial charge in [-0.3, -0.25) is 0 Å². The van der Waals surface area contributed by atoms with E-state index in [-0.39, 0.29) is 12.7 Å². The summed E-state index contributed by atoms with van der Waals surface area (Å²) in [5.74, 6) is 1.89. The molecule has 0 aromatic rings. The number of ether oxygens (including phenoxy) is 2. The van der Waals surface area contributed by atoms with E-state index in [0.29, 0.717) is 19.4 Å². The maximum absolute atomic E-state index is 12.2. The van der Waals surface area contributed by atoms with Crippen LogP contribution in [-0.2, 0) is 19.5 Å². The molecule has 1 rings (SSSR count). The Morgan fingerprint density at radius 1 is 1.33 bits per heavy atom. The summed E-state index contributed by atoms with van der Waals surface area (Å²) >= 11 is 1.85. The van der Waals surface area contributed by atoms with Crippen molar-refractivity contribution in [2.24, 2.45) is 0 Å². The normalized spacial score (nSPS) is 23.3. The van der Waals surface area contributed by atoms with Crippen molar-refractivity contribution in [3.8, 4) is 12.3 Å². The average molecular weight is 408 g/mol. The third kappa shape index (κ3) is 5.09. The first-order valence-corrected chi connectivity index (χ1v) is 8.20. The summed E-state index contributed by atoms with van der Waals surface area (Å²) in [6.45, 7) is 8.18. The number of hydroxylamine groups is 2. The minimum absolute atomic E-state index is 0.0121. The molecule has 119 valence electrons. The molecule has 0 amide bonds. The van der Waals surface area contributed by atoms with Crippen molar-refractivity contribution in [1.29, 1.82) is 0 Å². The van der Waals surface area contributed by atoms with Crippen LogP contribution < -0.4 is 0 Å². The zero-order valence-corrected chi connectivity index (χ0v) is 15.2. The molecule has 1 atom stereocenters. The molecule has 21 heavy (non-hydrogen) atoms. The lowest BCUT2D eigenvalue weighted by Gasteiger charge is -2.49. The van der Waals surface area contributed by atoms with E-state index in [4.69, 9.17) is 15.9 Å². The van der Waals surface area contributed by atoms with Gasteiger partial charge in [-0.15, -0.1) is 16.7 Å². The van der Waals surface area contributed by atoms with Crippen LogP contribution in [0.2, 0.25) is 0 Å². The molecule has 1 unspecified atom stereocenters. The standard InChI is InChI=1S/C15H23INO4/c1-6-12(16)13(18)21-8-7-20-11-9-14(2,3)17(19)15(4,5)10-11/h1,11-12H,7-10H2,2-5H3. The molecular formula is C15H23INO4. The van der Waals surface area contributed by atoms with Gasteiger partial charge in [0.15, 0.2) is 3.92 Å². The average Bonchev–Trinajstić information content (AvgIpc) is 2.39. The van der Waals surface area contributed by atoms with Crippen LogP contribution in [0.1, 0.15) is 40.5 Å². The van der Waals surface area contributed by atoms with Gasteiger partial charge in [-0.2, -0.15) is 0 Å². The Hall–Kier alpha value is -0.360. The van der Waals surface area contributed by atoms with Gasteiger partial charge >= 0.3 is 5.97 Å². The summed E-state index contributed by atoms with van der Waals surface area (Å²) in [6, 6.07) is 0. The summed E-state index contributed by atoms with van der Waals surface area (Å²) in [5, 5.41) is 13.4. The van der Waals surface area contributed by atoms with Gasteiger partial charge in [0.2, 0.25) is 0 Å². The predicted molar refractivity (Wildman–Crippen MR) is 87.3 cm³/mol. The molecule has 0 aromatic carbocycles. The van der Waals surface area contributed by atoms with E-state index in [0.717, 1.165) is 5.06 Å². The van der Waals surface area contributed by atoms with Gasteiger partial charge in [0.1, 0.15) is 6.61 Å². The second-order valence-electron chi connectivity index (χ2n) is 6.52. The molecule has 1 radical (unpaired) electrons. The molecule has 1 heterocycles. The molecule has 0 aliphatic carbocycles. The van der Waals surface area contributed by atoms with Gasteiger partial charge in [-0.1, -0.05) is 28.5 Å². The number of piperidine rings is 1. The zero-order chi connectivity index (χ0) is 16.3. The Morgan fingerprint density at radius 2 is 1.86 bits per heavy atom. The molecule has 1 aliphatic heterocycles. The highest BCUT2D eigenvalue weighted by molar-refractivity contribution is 14.1. The topological polar surface area (TPSA) is 58.7 Å². The smallest absolute Gasteiger partial charge is 0.331 e. The number of hydrogen-bond donors (Lipinski definition) is 0. The summed E-state index contributed by atoms with van der Waals surface area (Å²) in [5.41, 5.74) is -0.917. The van der Waals surface area contributed by atoms with Crippen molar-refractivity contribution in [2.75, 3.05) is 13.2 Å². The SMILES string of the molecule is C#CC(I)C(=O)OCCOC1CC(C)(C)N([O])C(C)(C)C1. The Bertz CT molecular complexity index is 398. The maximum Gasteiger partial charge on any atom is 0.331 e. The minimum Gasteiger partial charge on any atom is -0.462 e. The number of carbonyl (C=O) groups excluding carboxylic acids is 1. The van der Waals surface area contributed by atoms with Crippen molar-refractivity contribution in [3.05, 3.63) is 0 Å². The highest BCUT2D eigenvalue weighted by atomic mass is 127. The number of halogens is 1. The van der Waals surface area contributed by atoms with Crippen molar-refractivity contribution >= 4 is 28.6 Å². The minimum atomic E-state index is -0.566. The lowest BCUT2D eigenvalue weighted by Crippen LogP contribution is -2.59. The highest BCUT2D eigenvalue weighted by Gasteiger charge is 2.46. The molecule has 6 heteroatoms. The van der Waals surface area contributed by atoms with Gasteiger partial charge in [0.25, 0.3) is 0 Å². The number of carbonyl (C=O) groups is 1. The van der Waals surface area contributed by atoms with E-state index in [1.54, 1.807) is 0 Å².